The van der Waals surface area contributed by atoms with Gasteiger partial charge in [0.25, 0.3) is 10.1 Å². The van der Waals surface area contributed by atoms with Crippen LogP contribution in [0.4, 0.5) is 0 Å². The highest BCUT2D eigenvalue weighted by molar-refractivity contribution is 7.85. The van der Waals surface area contributed by atoms with E-state index in [0.29, 0.717) is 6.67 Å². The molecule has 14 heavy (non-hydrogen) atoms. The van der Waals surface area contributed by atoms with Gasteiger partial charge in [0.15, 0.2) is 0 Å². The van der Waals surface area contributed by atoms with Gasteiger partial charge in [-0.2, -0.15) is 8.42 Å². The highest BCUT2D eigenvalue weighted by atomic mass is 32.2. The van der Waals surface area contributed by atoms with Crippen LogP contribution in [0.25, 0.3) is 0 Å². The van der Waals surface area contributed by atoms with Crippen LogP contribution in [0.5, 0.6) is 0 Å². The first-order valence-corrected chi connectivity index (χ1v) is 5.62. The Bertz CT molecular complexity index is 336. The van der Waals surface area contributed by atoms with Gasteiger partial charge in [-0.15, -0.1) is 0 Å². The monoisotopic (exact) mass is 220 g/mol. The maximum Gasteiger partial charge on any atom is 0.267 e. The molecule has 0 aliphatic carbocycles. The second-order valence-electron chi connectivity index (χ2n) is 2.99. The molecule has 0 fully saturated rings. The summed E-state index contributed by atoms with van der Waals surface area (Å²) in [6.07, 6.45) is 3.89. The predicted octanol–water partition coefficient (Wildman–Crippen LogP) is -0.907. The van der Waals surface area contributed by atoms with Crippen molar-refractivity contribution in [2.75, 3.05) is 19.0 Å². The van der Waals surface area contributed by atoms with Crippen LogP contribution in [0.15, 0.2) is 17.3 Å². The number of aliphatic imine (C=N–C) groups is 1. The lowest BCUT2D eigenvalue weighted by Crippen LogP contribution is -2.34. The summed E-state index contributed by atoms with van der Waals surface area (Å²) in [6.45, 7) is 0.521. The Morgan fingerprint density at radius 2 is 2.29 bits per heavy atom. The lowest BCUT2D eigenvalue weighted by Gasteiger charge is -2.22. The molecule has 2 N–H and O–H groups in total. The summed E-state index contributed by atoms with van der Waals surface area (Å²) in [7, 11) is -4.11. The molecule has 0 aromatic rings. The molecule has 1 aliphatic heterocycles. The Balaban J connectivity index is 2.37. The molecule has 0 saturated carbocycles. The van der Waals surface area contributed by atoms with E-state index in [1.54, 1.807) is 23.4 Å². The summed E-state index contributed by atoms with van der Waals surface area (Å²) in [6, 6.07) is 0. The fourth-order valence-corrected chi connectivity index (χ4v) is 1.70. The van der Waals surface area contributed by atoms with Gasteiger partial charge in [0.1, 0.15) is 12.4 Å². The van der Waals surface area contributed by atoms with E-state index < -0.39 is 22.0 Å². The SMILES string of the molecule is O=S(=O)(O)CC(O)CN1C=CC=NC1. The number of aliphatic hydroxyl groups excluding tert-OH is 1. The number of hydrogen-bond donors (Lipinski definition) is 2. The first-order valence-electron chi connectivity index (χ1n) is 4.01. The second kappa shape index (κ2) is 4.54. The molecule has 7 heteroatoms. The molecule has 1 atom stereocenters. The third-order valence-electron chi connectivity index (χ3n) is 1.60. The van der Waals surface area contributed by atoms with Gasteiger partial charge in [-0.25, -0.2) is 0 Å². The molecule has 80 valence electrons. The van der Waals surface area contributed by atoms with Gasteiger partial charge in [-0.3, -0.25) is 9.55 Å². The topological polar surface area (TPSA) is 90.2 Å². The Kier molecular flexibility index (Phi) is 3.62. The number of nitrogens with zero attached hydrogens (tertiary/aromatic N) is 2. The van der Waals surface area contributed by atoms with Gasteiger partial charge in [-0.05, 0) is 6.08 Å². The molecule has 0 aromatic carbocycles. The Morgan fingerprint density at radius 1 is 1.57 bits per heavy atom. The Hall–Kier alpha value is -0.920. The third-order valence-corrected chi connectivity index (χ3v) is 2.41. The van der Waals surface area contributed by atoms with Gasteiger partial charge in [-0.1, -0.05) is 0 Å². The van der Waals surface area contributed by atoms with E-state index >= 15 is 0 Å². The Morgan fingerprint density at radius 3 is 2.79 bits per heavy atom. The standard InChI is InChI=1S/C7H12N2O4S/c10-7(5-14(11,12)13)4-9-3-1-2-8-6-9/h1-3,7,10H,4-6H2,(H,11,12,13). The minimum Gasteiger partial charge on any atom is -0.390 e. The van der Waals surface area contributed by atoms with Gasteiger partial charge >= 0.3 is 0 Å². The zero-order valence-corrected chi connectivity index (χ0v) is 8.26. The number of rotatable bonds is 4. The van der Waals surface area contributed by atoms with Crippen LogP contribution in [0.3, 0.4) is 0 Å². The predicted molar refractivity (Wildman–Crippen MR) is 51.6 cm³/mol. The molecule has 0 radical (unpaired) electrons. The number of allylic oxidation sites excluding steroid dienone is 1. The summed E-state index contributed by atoms with van der Waals surface area (Å²) in [4.78, 5) is 5.55. The maximum atomic E-state index is 10.4. The quantitative estimate of drug-likeness (QED) is 0.599. The van der Waals surface area contributed by atoms with E-state index in [0.717, 1.165) is 0 Å². The molecular formula is C7H12N2O4S. The number of β-amino-alcohol motifs (C(OH)–C–C–N with tert-alkyl or cyclic N) is 1. The van der Waals surface area contributed by atoms with Crippen molar-refractivity contribution in [2.45, 2.75) is 6.10 Å². The molecular weight excluding hydrogens is 208 g/mol. The molecule has 0 aromatic heterocycles. The molecule has 1 heterocycles. The van der Waals surface area contributed by atoms with Gasteiger partial charge in [0.05, 0.1) is 6.10 Å². The van der Waals surface area contributed by atoms with E-state index in [2.05, 4.69) is 4.99 Å². The van der Waals surface area contributed by atoms with Gasteiger partial charge in [0, 0.05) is 19.0 Å². The van der Waals surface area contributed by atoms with Crippen LogP contribution >= 0.6 is 0 Å². The summed E-state index contributed by atoms with van der Waals surface area (Å²) in [5.74, 6) is -0.652. The lowest BCUT2D eigenvalue weighted by molar-refractivity contribution is 0.152. The van der Waals surface area contributed by atoms with Crippen molar-refractivity contribution in [2.24, 2.45) is 4.99 Å². The molecule has 1 aliphatic rings. The highest BCUT2D eigenvalue weighted by Gasteiger charge is 2.16. The first-order chi connectivity index (χ1) is 6.47. The summed E-state index contributed by atoms with van der Waals surface area (Å²) < 4.78 is 29.3. The average Bonchev–Trinajstić information content (AvgIpc) is 2.02. The van der Waals surface area contributed by atoms with Crippen molar-refractivity contribution in [1.29, 1.82) is 0 Å². The summed E-state index contributed by atoms with van der Waals surface area (Å²) >= 11 is 0. The maximum absolute atomic E-state index is 10.4. The van der Waals surface area contributed by atoms with E-state index in [-0.39, 0.29) is 6.54 Å². The smallest absolute Gasteiger partial charge is 0.267 e. The van der Waals surface area contributed by atoms with Crippen LogP contribution in [0, 0.1) is 0 Å². The summed E-state index contributed by atoms with van der Waals surface area (Å²) in [5.41, 5.74) is 0. The van der Waals surface area contributed by atoms with E-state index in [1.807, 2.05) is 0 Å². The minimum absolute atomic E-state index is 0.133. The van der Waals surface area contributed by atoms with Crippen molar-refractivity contribution < 1.29 is 18.1 Å². The third kappa shape index (κ3) is 4.35. The average molecular weight is 220 g/mol. The zero-order valence-electron chi connectivity index (χ0n) is 7.44. The van der Waals surface area contributed by atoms with E-state index in [4.69, 9.17) is 4.55 Å². The lowest BCUT2D eigenvalue weighted by atomic mass is 10.3. The van der Waals surface area contributed by atoms with E-state index in [1.165, 1.54) is 0 Å². The van der Waals surface area contributed by atoms with Crippen molar-refractivity contribution in [3.8, 4) is 0 Å². The van der Waals surface area contributed by atoms with Crippen molar-refractivity contribution in [3.63, 3.8) is 0 Å². The Labute approximate surface area is 82.3 Å². The van der Waals surface area contributed by atoms with Crippen molar-refractivity contribution in [1.82, 2.24) is 4.90 Å². The largest absolute Gasteiger partial charge is 0.390 e. The highest BCUT2D eigenvalue weighted by Crippen LogP contribution is 1.99. The summed E-state index contributed by atoms with van der Waals surface area (Å²) in [5, 5.41) is 9.27. The van der Waals surface area contributed by atoms with E-state index in [9.17, 15) is 13.5 Å². The van der Waals surface area contributed by atoms with Crippen LogP contribution in [-0.4, -0.2) is 54.3 Å². The van der Waals surface area contributed by atoms with Crippen molar-refractivity contribution >= 4 is 16.3 Å². The minimum atomic E-state index is -4.11. The molecule has 0 saturated heterocycles. The molecule has 6 nitrogen and oxygen atoms in total. The number of hydrogen-bond acceptors (Lipinski definition) is 5. The fraction of sp³-hybridized carbons (Fsp3) is 0.571. The molecule has 0 spiro atoms. The first kappa shape index (κ1) is 11.2. The molecule has 1 rings (SSSR count). The fourth-order valence-electron chi connectivity index (χ4n) is 1.11. The van der Waals surface area contributed by atoms with Crippen LogP contribution < -0.4 is 0 Å². The number of aliphatic hydroxyl groups is 1. The molecule has 0 bridgehead atoms. The van der Waals surface area contributed by atoms with Gasteiger partial charge < -0.3 is 10.0 Å². The van der Waals surface area contributed by atoms with Crippen molar-refractivity contribution in [3.05, 3.63) is 12.3 Å². The zero-order chi connectivity index (χ0) is 10.6. The molecule has 1 unspecified atom stereocenters. The second-order valence-corrected chi connectivity index (χ2v) is 4.49. The van der Waals surface area contributed by atoms with Crippen LogP contribution in [0.1, 0.15) is 0 Å². The van der Waals surface area contributed by atoms with Gasteiger partial charge in [0.2, 0.25) is 0 Å². The normalized spacial score (nSPS) is 18.6. The van der Waals surface area contributed by atoms with Crippen LogP contribution in [-0.2, 0) is 10.1 Å². The van der Waals surface area contributed by atoms with Crippen LogP contribution in [0.2, 0.25) is 0 Å². The molecule has 0 amide bonds.